The zero-order valence-corrected chi connectivity index (χ0v) is 15.6. The van der Waals surface area contributed by atoms with Crippen LogP contribution in [0, 0.1) is 28.8 Å². The largest absolute Gasteiger partial charge is 0.382 e. The van der Waals surface area contributed by atoms with Crippen molar-refractivity contribution in [3.63, 3.8) is 0 Å². The lowest BCUT2D eigenvalue weighted by Gasteiger charge is -2.16. The van der Waals surface area contributed by atoms with Gasteiger partial charge in [0.15, 0.2) is 0 Å². The van der Waals surface area contributed by atoms with Gasteiger partial charge in [-0.2, -0.15) is 5.26 Å². The van der Waals surface area contributed by atoms with Crippen LogP contribution in [0.5, 0.6) is 0 Å². The van der Waals surface area contributed by atoms with E-state index in [2.05, 4.69) is 20.3 Å². The number of aromatic nitrogens is 4. The van der Waals surface area contributed by atoms with Crippen molar-refractivity contribution < 1.29 is 13.2 Å². The smallest absolute Gasteiger partial charge is 0.150 e. The standard InChI is InChI=1S/C20H14F3N7/c1-10(28-20-15(7-24)19(25)26-9-27-20)17-18(11-4-13(22)6-14(23)5-11)30-8-12(21)2-3-16(30)29-17/h2-6,8-10H,1H3,(H3,25,26,27,28)/t10-/m0/s1. The molecule has 3 heterocycles. The quantitative estimate of drug-likeness (QED) is 0.531. The van der Waals surface area contributed by atoms with Crippen LogP contribution >= 0.6 is 0 Å². The zero-order valence-electron chi connectivity index (χ0n) is 15.6. The fraction of sp³-hybridized carbons (Fsp3) is 0.100. The number of nitrogen functional groups attached to an aromatic ring is 1. The Labute approximate surface area is 168 Å². The Morgan fingerprint density at radius 2 is 1.83 bits per heavy atom. The van der Waals surface area contributed by atoms with Gasteiger partial charge in [-0.25, -0.2) is 28.1 Å². The normalized spacial score (nSPS) is 12.0. The van der Waals surface area contributed by atoms with Gasteiger partial charge in [0.25, 0.3) is 0 Å². The first kappa shape index (κ1) is 19.2. The number of hydrogen-bond donors (Lipinski definition) is 2. The molecule has 150 valence electrons. The van der Waals surface area contributed by atoms with Crippen LogP contribution in [0.2, 0.25) is 0 Å². The van der Waals surface area contributed by atoms with Crippen LogP contribution < -0.4 is 11.1 Å². The summed E-state index contributed by atoms with van der Waals surface area (Å²) in [5.41, 5.74) is 6.99. The number of benzene rings is 1. The maximum Gasteiger partial charge on any atom is 0.150 e. The lowest BCUT2D eigenvalue weighted by Crippen LogP contribution is -2.12. The molecule has 30 heavy (non-hydrogen) atoms. The maximum absolute atomic E-state index is 13.9. The van der Waals surface area contributed by atoms with Crippen LogP contribution in [0.15, 0.2) is 42.9 Å². The topological polar surface area (TPSA) is 105 Å². The van der Waals surface area contributed by atoms with E-state index < -0.39 is 23.5 Å². The summed E-state index contributed by atoms with van der Waals surface area (Å²) in [4.78, 5) is 12.3. The van der Waals surface area contributed by atoms with Crippen molar-refractivity contribution in [1.29, 1.82) is 5.26 Å². The number of hydrogen-bond acceptors (Lipinski definition) is 6. The molecule has 0 fully saturated rings. The van der Waals surface area contributed by atoms with Crippen molar-refractivity contribution in [1.82, 2.24) is 19.4 Å². The van der Waals surface area contributed by atoms with Gasteiger partial charge < -0.3 is 11.1 Å². The molecule has 0 aliphatic heterocycles. The monoisotopic (exact) mass is 409 g/mol. The zero-order chi connectivity index (χ0) is 21.4. The Bertz CT molecular complexity index is 1290. The van der Waals surface area contributed by atoms with Gasteiger partial charge in [-0.15, -0.1) is 0 Å². The molecular weight excluding hydrogens is 395 g/mol. The molecular formula is C20H14F3N7. The predicted octanol–water partition coefficient (Wildman–Crippen LogP) is 3.84. The fourth-order valence-corrected chi connectivity index (χ4v) is 3.21. The van der Waals surface area contributed by atoms with Crippen LogP contribution in [0.25, 0.3) is 16.9 Å². The predicted molar refractivity (Wildman–Crippen MR) is 104 cm³/mol. The molecule has 0 saturated heterocycles. The van der Waals surface area contributed by atoms with Gasteiger partial charge in [-0.1, -0.05) is 0 Å². The summed E-state index contributed by atoms with van der Waals surface area (Å²) in [6.07, 6.45) is 2.38. The van der Waals surface area contributed by atoms with E-state index in [1.807, 2.05) is 6.07 Å². The lowest BCUT2D eigenvalue weighted by atomic mass is 10.1. The van der Waals surface area contributed by atoms with Gasteiger partial charge in [0.1, 0.15) is 52.7 Å². The van der Waals surface area contributed by atoms with Crippen LogP contribution in [-0.4, -0.2) is 19.4 Å². The van der Waals surface area contributed by atoms with E-state index >= 15 is 0 Å². The first-order chi connectivity index (χ1) is 14.4. The Morgan fingerprint density at radius 3 is 2.53 bits per heavy atom. The number of pyridine rings is 1. The van der Waals surface area contributed by atoms with Gasteiger partial charge in [0.05, 0.1) is 17.4 Å². The molecule has 4 rings (SSSR count). The Balaban J connectivity index is 1.89. The Kier molecular flexibility index (Phi) is 4.71. The lowest BCUT2D eigenvalue weighted by molar-refractivity contribution is 0.584. The molecule has 10 heteroatoms. The molecule has 7 nitrogen and oxygen atoms in total. The number of rotatable bonds is 4. The number of nitrogens with two attached hydrogens (primary N) is 1. The molecule has 0 bridgehead atoms. The summed E-state index contributed by atoms with van der Waals surface area (Å²) >= 11 is 0. The summed E-state index contributed by atoms with van der Waals surface area (Å²) in [5.74, 6) is -1.92. The first-order valence-corrected chi connectivity index (χ1v) is 8.78. The molecule has 3 N–H and O–H groups in total. The summed E-state index contributed by atoms with van der Waals surface area (Å²) in [6, 6.07) is 7.05. The van der Waals surface area contributed by atoms with Crippen molar-refractivity contribution in [3.05, 3.63) is 71.6 Å². The molecule has 0 unspecified atom stereocenters. The molecule has 0 radical (unpaired) electrons. The third kappa shape index (κ3) is 3.37. The molecule has 1 atom stereocenters. The average Bonchev–Trinajstić information content (AvgIpc) is 3.06. The molecule has 1 aromatic carbocycles. The Morgan fingerprint density at radius 1 is 1.10 bits per heavy atom. The molecule has 0 aliphatic rings. The van der Waals surface area contributed by atoms with Gasteiger partial charge in [0, 0.05) is 17.8 Å². The number of halogens is 3. The van der Waals surface area contributed by atoms with Crippen molar-refractivity contribution in [2.45, 2.75) is 13.0 Å². The second-order valence-electron chi connectivity index (χ2n) is 6.54. The van der Waals surface area contributed by atoms with Crippen LogP contribution in [0.4, 0.5) is 24.8 Å². The fourth-order valence-electron chi connectivity index (χ4n) is 3.21. The first-order valence-electron chi connectivity index (χ1n) is 8.78. The van der Waals surface area contributed by atoms with Gasteiger partial charge in [-0.3, -0.25) is 4.40 Å². The second kappa shape index (κ2) is 7.36. The average molecular weight is 409 g/mol. The SMILES string of the molecule is C[C@H](Nc1ncnc(N)c1C#N)c1nc2ccc(F)cn2c1-c1cc(F)cc(F)c1. The third-order valence-corrected chi connectivity index (χ3v) is 4.50. The molecule has 0 spiro atoms. The van der Waals surface area contributed by atoms with E-state index in [1.165, 1.54) is 29.1 Å². The maximum atomic E-state index is 13.9. The Hall–Kier alpha value is -4.13. The number of imidazole rings is 1. The van der Waals surface area contributed by atoms with Crippen molar-refractivity contribution in [2.24, 2.45) is 0 Å². The highest BCUT2D eigenvalue weighted by atomic mass is 19.1. The minimum Gasteiger partial charge on any atom is -0.382 e. The van der Waals surface area contributed by atoms with Crippen LogP contribution in [-0.2, 0) is 0 Å². The summed E-state index contributed by atoms with van der Waals surface area (Å²) in [6.45, 7) is 1.72. The van der Waals surface area contributed by atoms with E-state index in [-0.39, 0.29) is 22.8 Å². The molecule has 3 aromatic heterocycles. The van der Waals surface area contributed by atoms with Gasteiger partial charge >= 0.3 is 0 Å². The molecule has 4 aromatic rings. The number of fused-ring (bicyclic) bond motifs is 1. The third-order valence-electron chi connectivity index (χ3n) is 4.50. The minimum absolute atomic E-state index is 0.00620. The highest BCUT2D eigenvalue weighted by Crippen LogP contribution is 2.32. The number of nitrogens with zero attached hydrogens (tertiary/aromatic N) is 5. The number of nitriles is 1. The second-order valence-corrected chi connectivity index (χ2v) is 6.54. The van der Waals surface area contributed by atoms with Gasteiger partial charge in [0.2, 0.25) is 0 Å². The van der Waals surface area contributed by atoms with E-state index in [4.69, 9.17) is 5.73 Å². The minimum atomic E-state index is -0.779. The van der Waals surface area contributed by atoms with E-state index in [0.29, 0.717) is 17.0 Å². The molecule has 0 aliphatic carbocycles. The number of nitrogens with one attached hydrogen (secondary N) is 1. The van der Waals surface area contributed by atoms with Crippen LogP contribution in [0.1, 0.15) is 24.2 Å². The molecule has 0 saturated carbocycles. The van der Waals surface area contributed by atoms with E-state index in [0.717, 1.165) is 18.2 Å². The highest BCUT2D eigenvalue weighted by Gasteiger charge is 2.22. The molecule has 0 amide bonds. The highest BCUT2D eigenvalue weighted by molar-refractivity contribution is 5.69. The summed E-state index contributed by atoms with van der Waals surface area (Å²) < 4.78 is 43.1. The van der Waals surface area contributed by atoms with E-state index in [1.54, 1.807) is 6.92 Å². The number of anilines is 2. The summed E-state index contributed by atoms with van der Waals surface area (Å²) in [5, 5.41) is 12.3. The van der Waals surface area contributed by atoms with Gasteiger partial charge in [-0.05, 0) is 31.2 Å². The van der Waals surface area contributed by atoms with Crippen LogP contribution in [0.3, 0.4) is 0 Å². The summed E-state index contributed by atoms with van der Waals surface area (Å²) in [7, 11) is 0. The van der Waals surface area contributed by atoms with Crippen molar-refractivity contribution in [3.8, 4) is 17.3 Å². The van der Waals surface area contributed by atoms with E-state index in [9.17, 15) is 18.4 Å². The van der Waals surface area contributed by atoms with Crippen molar-refractivity contribution in [2.75, 3.05) is 11.1 Å². The van der Waals surface area contributed by atoms with Crippen molar-refractivity contribution >= 4 is 17.3 Å².